The Kier molecular flexibility index (Phi) is 7.78. The van der Waals surface area contributed by atoms with Crippen LogP contribution in [0.15, 0.2) is 71.2 Å². The molecular weight excluding hydrogens is 438 g/mol. The summed E-state index contributed by atoms with van der Waals surface area (Å²) in [6, 6.07) is 22.1. The molecule has 3 rings (SSSR count). The zero-order chi connectivity index (χ0) is 19.8. The molecule has 0 aliphatic heterocycles. The predicted molar refractivity (Wildman–Crippen MR) is 118 cm³/mol. The summed E-state index contributed by atoms with van der Waals surface area (Å²) in [6.07, 6.45) is 0. The van der Waals surface area contributed by atoms with Gasteiger partial charge in [0.2, 0.25) is 0 Å². The molecule has 0 unspecified atom stereocenters. The van der Waals surface area contributed by atoms with Crippen molar-refractivity contribution in [3.63, 3.8) is 0 Å². The van der Waals surface area contributed by atoms with Gasteiger partial charge in [0.25, 0.3) is 0 Å². The van der Waals surface area contributed by atoms with Crippen LogP contribution in [-0.4, -0.2) is 6.61 Å². The molecule has 0 amide bonds. The van der Waals surface area contributed by atoms with E-state index in [1.165, 1.54) is 5.56 Å². The molecule has 0 spiro atoms. The minimum atomic E-state index is 0.446. The van der Waals surface area contributed by atoms with Crippen molar-refractivity contribution in [1.29, 1.82) is 0 Å². The Morgan fingerprint density at radius 2 is 1.57 bits per heavy atom. The standard InChI is InChI=1S/C23H23BrClNO2/c1-2-27-22-13-19(15-26-14-17-6-4-3-5-7-17)12-21(24)23(22)28-16-18-8-10-20(25)11-9-18/h3-13,26H,2,14-16H2,1H3. The number of rotatable bonds is 9. The predicted octanol–water partition coefficient (Wildman–Crippen LogP) is 6.37. The van der Waals surface area contributed by atoms with E-state index >= 15 is 0 Å². The number of benzene rings is 3. The molecule has 0 aromatic heterocycles. The highest BCUT2D eigenvalue weighted by molar-refractivity contribution is 9.10. The molecular formula is C23H23BrClNO2. The molecule has 0 radical (unpaired) electrons. The molecule has 3 aromatic carbocycles. The molecule has 0 aliphatic carbocycles. The molecule has 0 atom stereocenters. The smallest absolute Gasteiger partial charge is 0.175 e. The first-order chi connectivity index (χ1) is 13.7. The monoisotopic (exact) mass is 459 g/mol. The van der Waals surface area contributed by atoms with Crippen LogP contribution < -0.4 is 14.8 Å². The van der Waals surface area contributed by atoms with E-state index in [0.29, 0.717) is 24.0 Å². The molecule has 0 saturated carbocycles. The van der Waals surface area contributed by atoms with Gasteiger partial charge in [-0.1, -0.05) is 54.1 Å². The maximum atomic E-state index is 6.04. The van der Waals surface area contributed by atoms with Crippen LogP contribution in [0.1, 0.15) is 23.6 Å². The van der Waals surface area contributed by atoms with Crippen molar-refractivity contribution in [3.8, 4) is 11.5 Å². The lowest BCUT2D eigenvalue weighted by Crippen LogP contribution is -2.13. The SMILES string of the molecule is CCOc1cc(CNCc2ccccc2)cc(Br)c1OCc1ccc(Cl)cc1. The van der Waals surface area contributed by atoms with Crippen molar-refractivity contribution in [1.82, 2.24) is 5.32 Å². The zero-order valence-electron chi connectivity index (χ0n) is 15.8. The normalized spacial score (nSPS) is 10.7. The lowest BCUT2D eigenvalue weighted by Gasteiger charge is -2.16. The van der Waals surface area contributed by atoms with Gasteiger partial charge in [-0.3, -0.25) is 0 Å². The van der Waals surface area contributed by atoms with Crippen molar-refractivity contribution >= 4 is 27.5 Å². The van der Waals surface area contributed by atoms with E-state index in [0.717, 1.165) is 34.4 Å². The van der Waals surface area contributed by atoms with Crippen molar-refractivity contribution in [2.45, 2.75) is 26.6 Å². The second-order valence-electron chi connectivity index (χ2n) is 6.34. The Bertz CT molecular complexity index is 885. The molecule has 28 heavy (non-hydrogen) atoms. The van der Waals surface area contributed by atoms with E-state index in [-0.39, 0.29) is 0 Å². The van der Waals surface area contributed by atoms with Crippen LogP contribution in [-0.2, 0) is 19.7 Å². The van der Waals surface area contributed by atoms with Crippen molar-refractivity contribution in [3.05, 3.63) is 92.9 Å². The lowest BCUT2D eigenvalue weighted by atomic mass is 10.2. The van der Waals surface area contributed by atoms with Crippen LogP contribution in [0.4, 0.5) is 0 Å². The zero-order valence-corrected chi connectivity index (χ0v) is 18.1. The van der Waals surface area contributed by atoms with E-state index in [1.54, 1.807) is 0 Å². The van der Waals surface area contributed by atoms with Gasteiger partial charge in [-0.2, -0.15) is 0 Å². The van der Waals surface area contributed by atoms with Gasteiger partial charge in [-0.25, -0.2) is 0 Å². The summed E-state index contributed by atoms with van der Waals surface area (Å²) in [5, 5.41) is 4.18. The van der Waals surface area contributed by atoms with E-state index < -0.39 is 0 Å². The molecule has 0 saturated heterocycles. The van der Waals surface area contributed by atoms with E-state index in [9.17, 15) is 0 Å². The van der Waals surface area contributed by atoms with Crippen LogP contribution in [0, 0.1) is 0 Å². The Balaban J connectivity index is 1.67. The lowest BCUT2D eigenvalue weighted by molar-refractivity contribution is 0.267. The third kappa shape index (κ3) is 5.99. The number of ether oxygens (including phenoxy) is 2. The number of nitrogens with one attached hydrogen (secondary N) is 1. The van der Waals surface area contributed by atoms with Crippen LogP contribution in [0.25, 0.3) is 0 Å². The highest BCUT2D eigenvalue weighted by Gasteiger charge is 2.13. The molecule has 3 aromatic rings. The molecule has 0 bridgehead atoms. The van der Waals surface area contributed by atoms with Gasteiger partial charge in [-0.05, 0) is 63.8 Å². The average Bonchev–Trinajstić information content (AvgIpc) is 2.70. The van der Waals surface area contributed by atoms with Gasteiger partial charge in [0.1, 0.15) is 6.61 Å². The third-order valence-electron chi connectivity index (χ3n) is 4.17. The maximum absolute atomic E-state index is 6.04. The van der Waals surface area contributed by atoms with Crippen molar-refractivity contribution in [2.75, 3.05) is 6.61 Å². The molecule has 0 heterocycles. The second-order valence-corrected chi connectivity index (χ2v) is 7.63. The third-order valence-corrected chi connectivity index (χ3v) is 5.01. The highest BCUT2D eigenvalue weighted by Crippen LogP contribution is 2.37. The topological polar surface area (TPSA) is 30.5 Å². The van der Waals surface area contributed by atoms with Crippen molar-refractivity contribution in [2.24, 2.45) is 0 Å². The molecule has 0 aliphatic rings. The summed E-state index contributed by atoms with van der Waals surface area (Å²) in [5.41, 5.74) is 3.44. The Hall–Kier alpha value is -2.01. The second kappa shape index (κ2) is 10.5. The van der Waals surface area contributed by atoms with Gasteiger partial charge in [0.15, 0.2) is 11.5 Å². The molecule has 3 nitrogen and oxygen atoms in total. The fourth-order valence-electron chi connectivity index (χ4n) is 2.81. The minimum absolute atomic E-state index is 0.446. The number of halogens is 2. The Morgan fingerprint density at radius 3 is 2.29 bits per heavy atom. The van der Waals surface area contributed by atoms with E-state index in [1.807, 2.05) is 55.5 Å². The first-order valence-corrected chi connectivity index (χ1v) is 10.4. The molecule has 146 valence electrons. The first kappa shape index (κ1) is 20.7. The summed E-state index contributed by atoms with van der Waals surface area (Å²) in [6.45, 7) is 4.55. The molecule has 1 N–H and O–H groups in total. The van der Waals surface area contributed by atoms with Crippen molar-refractivity contribution < 1.29 is 9.47 Å². The average molecular weight is 461 g/mol. The quantitative estimate of drug-likeness (QED) is 0.402. The highest BCUT2D eigenvalue weighted by atomic mass is 79.9. The first-order valence-electron chi connectivity index (χ1n) is 9.23. The number of hydrogen-bond acceptors (Lipinski definition) is 3. The van der Waals surface area contributed by atoms with Crippen LogP contribution in [0.5, 0.6) is 11.5 Å². The number of hydrogen-bond donors (Lipinski definition) is 1. The maximum Gasteiger partial charge on any atom is 0.175 e. The van der Waals surface area contributed by atoms with E-state index in [2.05, 4.69) is 39.4 Å². The largest absolute Gasteiger partial charge is 0.490 e. The molecule has 0 fully saturated rings. The summed E-state index contributed by atoms with van der Waals surface area (Å²) in [4.78, 5) is 0. The summed E-state index contributed by atoms with van der Waals surface area (Å²) in [5.74, 6) is 1.45. The van der Waals surface area contributed by atoms with Crippen LogP contribution in [0.2, 0.25) is 5.02 Å². The minimum Gasteiger partial charge on any atom is -0.490 e. The summed E-state index contributed by atoms with van der Waals surface area (Å²) >= 11 is 9.58. The Morgan fingerprint density at radius 1 is 0.857 bits per heavy atom. The van der Waals surface area contributed by atoms with E-state index in [4.69, 9.17) is 21.1 Å². The fraction of sp³-hybridized carbons (Fsp3) is 0.217. The summed E-state index contributed by atoms with van der Waals surface area (Å²) in [7, 11) is 0. The van der Waals surface area contributed by atoms with Crippen LogP contribution >= 0.6 is 27.5 Å². The molecule has 5 heteroatoms. The van der Waals surface area contributed by atoms with Gasteiger partial charge in [0, 0.05) is 18.1 Å². The van der Waals surface area contributed by atoms with Gasteiger partial charge in [-0.15, -0.1) is 0 Å². The summed E-state index contributed by atoms with van der Waals surface area (Å²) < 4.78 is 12.7. The van der Waals surface area contributed by atoms with Crippen LogP contribution in [0.3, 0.4) is 0 Å². The fourth-order valence-corrected chi connectivity index (χ4v) is 3.54. The van der Waals surface area contributed by atoms with Gasteiger partial charge >= 0.3 is 0 Å². The Labute approximate surface area is 179 Å². The van der Waals surface area contributed by atoms with Gasteiger partial charge < -0.3 is 14.8 Å². The van der Waals surface area contributed by atoms with Gasteiger partial charge in [0.05, 0.1) is 11.1 Å².